The van der Waals surface area contributed by atoms with Crippen LogP contribution in [0.1, 0.15) is 12.8 Å². The summed E-state index contributed by atoms with van der Waals surface area (Å²) in [4.78, 5) is 22.4. The summed E-state index contributed by atoms with van der Waals surface area (Å²) in [6.45, 7) is 3.70. The van der Waals surface area contributed by atoms with E-state index in [1.165, 1.54) is 6.08 Å². The van der Waals surface area contributed by atoms with Gasteiger partial charge in [-0.25, -0.2) is 0 Å². The monoisotopic (exact) mass is 195 g/mol. The molecule has 0 saturated carbocycles. The number of Topliss-reactive ketones (excluding diaryl/α,β-unsaturated/α-hetero) is 1. The van der Waals surface area contributed by atoms with E-state index >= 15 is 0 Å². The molecule has 0 aromatic heterocycles. The van der Waals surface area contributed by atoms with Crippen LogP contribution in [-0.4, -0.2) is 24.3 Å². The van der Waals surface area contributed by atoms with Crippen molar-refractivity contribution in [3.05, 3.63) is 12.7 Å². The number of carbonyl (C=O) groups is 2. The molecule has 0 aromatic rings. The molecule has 0 bridgehead atoms. The fourth-order valence-corrected chi connectivity index (χ4v) is 0.826. The highest BCUT2D eigenvalue weighted by atomic mass is 16.2. The minimum absolute atomic E-state index is 0.284. The molecule has 0 radical (unpaired) electrons. The zero-order chi connectivity index (χ0) is 11.0. The summed E-state index contributed by atoms with van der Waals surface area (Å²) in [5, 5.41) is 2.39. The first kappa shape index (κ1) is 12.4. The van der Waals surface area contributed by atoms with Crippen molar-refractivity contribution in [2.75, 3.05) is 6.54 Å². The van der Waals surface area contributed by atoms with Crippen LogP contribution >= 0.6 is 0 Å². The summed E-state index contributed by atoms with van der Waals surface area (Å²) in [5.41, 5.74) is 3.57. The molecule has 0 saturated heterocycles. The van der Waals surface area contributed by atoms with Crippen molar-refractivity contribution in [2.45, 2.75) is 18.9 Å². The normalized spacial score (nSPS) is 11.1. The molecule has 0 heterocycles. The first-order valence-electron chi connectivity index (χ1n) is 4.33. The van der Waals surface area contributed by atoms with E-state index in [1.807, 2.05) is 0 Å². The summed E-state index contributed by atoms with van der Waals surface area (Å²) in [6.07, 6.45) is 7.43. The Morgan fingerprint density at radius 2 is 2.29 bits per heavy atom. The number of ketones is 1. The van der Waals surface area contributed by atoms with Crippen LogP contribution in [0.4, 0.5) is 0 Å². The molecule has 1 unspecified atom stereocenters. The third kappa shape index (κ3) is 4.43. The van der Waals surface area contributed by atoms with Crippen LogP contribution in [0, 0.1) is 12.3 Å². The predicted octanol–water partition coefficient (Wildman–Crippen LogP) is -1.12. The Bertz CT molecular complexity index is 266. The number of hydrogen-bond acceptors (Lipinski definition) is 2. The number of amides is 1. The van der Waals surface area contributed by atoms with Crippen molar-refractivity contribution < 1.29 is 15.3 Å². The molecule has 0 fully saturated rings. The molecule has 0 aromatic carbocycles. The first-order chi connectivity index (χ1) is 6.63. The van der Waals surface area contributed by atoms with Crippen LogP contribution in [0.15, 0.2) is 12.7 Å². The summed E-state index contributed by atoms with van der Waals surface area (Å²) in [7, 11) is 0. The van der Waals surface area contributed by atoms with Gasteiger partial charge in [-0.15, -0.1) is 18.9 Å². The van der Waals surface area contributed by atoms with Crippen molar-refractivity contribution >= 4 is 11.7 Å². The van der Waals surface area contributed by atoms with Gasteiger partial charge < -0.3 is 11.1 Å². The Morgan fingerprint density at radius 3 is 2.79 bits per heavy atom. The number of carbonyl (C=O) groups excluding carboxylic acids is 2. The molecule has 1 atom stereocenters. The number of terminal acetylenes is 1. The maximum absolute atomic E-state index is 11.3. The molecule has 0 aliphatic carbocycles. The third-order valence-electron chi connectivity index (χ3n) is 1.64. The van der Waals surface area contributed by atoms with Gasteiger partial charge in [-0.3, -0.25) is 9.59 Å². The predicted molar refractivity (Wildman–Crippen MR) is 53.0 cm³/mol. The Hall–Kier alpha value is -1.60. The van der Waals surface area contributed by atoms with E-state index in [-0.39, 0.29) is 6.54 Å². The molecule has 4 heteroatoms. The number of hydrogen-bond donors (Lipinski definition) is 2. The van der Waals surface area contributed by atoms with Crippen LogP contribution in [-0.2, 0) is 9.59 Å². The fourth-order valence-electron chi connectivity index (χ4n) is 0.826. The maximum Gasteiger partial charge on any atom is 0.294 e. The highest BCUT2D eigenvalue weighted by molar-refractivity contribution is 6.37. The van der Waals surface area contributed by atoms with Gasteiger partial charge in [-0.1, -0.05) is 6.08 Å². The second-order valence-electron chi connectivity index (χ2n) is 2.80. The minimum Gasteiger partial charge on any atom is -0.348 e. The van der Waals surface area contributed by atoms with Crippen molar-refractivity contribution in [3.8, 4) is 12.3 Å². The maximum atomic E-state index is 11.3. The molecule has 0 rings (SSSR count). The molecular formula is C10H15N2O2+. The van der Waals surface area contributed by atoms with E-state index in [9.17, 15) is 9.59 Å². The van der Waals surface area contributed by atoms with Crippen molar-refractivity contribution in [1.82, 2.24) is 5.32 Å². The zero-order valence-electron chi connectivity index (χ0n) is 8.08. The number of quaternary nitrogens is 1. The summed E-state index contributed by atoms with van der Waals surface area (Å²) in [5.74, 6) is 1.25. The van der Waals surface area contributed by atoms with Crippen LogP contribution in [0.3, 0.4) is 0 Å². The van der Waals surface area contributed by atoms with E-state index in [2.05, 4.69) is 23.5 Å². The molecule has 0 aliphatic heterocycles. The minimum atomic E-state index is -0.623. The van der Waals surface area contributed by atoms with Crippen molar-refractivity contribution in [2.24, 2.45) is 0 Å². The quantitative estimate of drug-likeness (QED) is 0.320. The first-order valence-corrected chi connectivity index (χ1v) is 4.33. The molecule has 1 amide bonds. The van der Waals surface area contributed by atoms with Crippen LogP contribution < -0.4 is 11.1 Å². The van der Waals surface area contributed by atoms with E-state index in [1.54, 1.807) is 0 Å². The van der Waals surface area contributed by atoms with Gasteiger partial charge >= 0.3 is 0 Å². The molecule has 0 aliphatic rings. The topological polar surface area (TPSA) is 73.8 Å². The van der Waals surface area contributed by atoms with Crippen molar-refractivity contribution in [1.29, 1.82) is 0 Å². The lowest BCUT2D eigenvalue weighted by atomic mass is 10.1. The average Bonchev–Trinajstić information content (AvgIpc) is 2.21. The smallest absolute Gasteiger partial charge is 0.294 e. The van der Waals surface area contributed by atoms with Gasteiger partial charge in [0.15, 0.2) is 6.04 Å². The second kappa shape index (κ2) is 6.87. The largest absolute Gasteiger partial charge is 0.348 e. The lowest BCUT2D eigenvalue weighted by Crippen LogP contribution is -2.67. The Kier molecular flexibility index (Phi) is 6.08. The SMILES string of the molecule is C#CCCC([NH3+])C(=O)C(=O)NCC=C. The number of nitrogens with one attached hydrogen (secondary N) is 1. The van der Waals surface area contributed by atoms with E-state index in [0.29, 0.717) is 12.8 Å². The molecule has 4 N–H and O–H groups in total. The van der Waals surface area contributed by atoms with Gasteiger partial charge in [0.05, 0.1) is 0 Å². The van der Waals surface area contributed by atoms with E-state index in [0.717, 1.165) is 0 Å². The molecule has 4 nitrogen and oxygen atoms in total. The zero-order valence-corrected chi connectivity index (χ0v) is 8.08. The Morgan fingerprint density at radius 1 is 1.64 bits per heavy atom. The highest BCUT2D eigenvalue weighted by Crippen LogP contribution is 1.92. The number of rotatable bonds is 6. The van der Waals surface area contributed by atoms with Crippen LogP contribution in [0.2, 0.25) is 0 Å². The van der Waals surface area contributed by atoms with Gasteiger partial charge in [0.25, 0.3) is 11.7 Å². The Labute approximate surface area is 83.5 Å². The molecule has 0 spiro atoms. The van der Waals surface area contributed by atoms with E-state index in [4.69, 9.17) is 6.42 Å². The molecular weight excluding hydrogens is 180 g/mol. The van der Waals surface area contributed by atoms with Gasteiger partial charge in [0.2, 0.25) is 0 Å². The van der Waals surface area contributed by atoms with Gasteiger partial charge in [0.1, 0.15) is 0 Å². The van der Waals surface area contributed by atoms with Crippen molar-refractivity contribution in [3.63, 3.8) is 0 Å². The van der Waals surface area contributed by atoms with Gasteiger partial charge in [-0.2, -0.15) is 0 Å². The standard InChI is InChI=1S/C10H14N2O2/c1-3-5-6-8(11)9(13)10(14)12-7-4-2/h1,4,8H,2,5-7,11H2,(H,12,14)/p+1. The average molecular weight is 195 g/mol. The second-order valence-corrected chi connectivity index (χ2v) is 2.80. The lowest BCUT2D eigenvalue weighted by molar-refractivity contribution is -0.403. The highest BCUT2D eigenvalue weighted by Gasteiger charge is 2.23. The fraction of sp³-hybridized carbons (Fsp3) is 0.400. The van der Waals surface area contributed by atoms with Crippen LogP contribution in [0.25, 0.3) is 0 Å². The summed E-state index contributed by atoms with van der Waals surface area (Å²) >= 11 is 0. The molecule has 14 heavy (non-hydrogen) atoms. The van der Waals surface area contributed by atoms with E-state index < -0.39 is 17.7 Å². The van der Waals surface area contributed by atoms with Crippen LogP contribution in [0.5, 0.6) is 0 Å². The lowest BCUT2D eigenvalue weighted by Gasteiger charge is -2.04. The third-order valence-corrected chi connectivity index (χ3v) is 1.64. The Balaban J connectivity index is 3.98. The summed E-state index contributed by atoms with van der Waals surface area (Å²) < 4.78 is 0. The van der Waals surface area contributed by atoms with Gasteiger partial charge in [0, 0.05) is 19.4 Å². The molecule has 76 valence electrons. The summed E-state index contributed by atoms with van der Waals surface area (Å²) in [6, 6.07) is -0.559. The van der Waals surface area contributed by atoms with Gasteiger partial charge in [-0.05, 0) is 0 Å².